The van der Waals surface area contributed by atoms with E-state index in [-0.39, 0.29) is 12.4 Å². The monoisotopic (exact) mass is 328 g/mol. The summed E-state index contributed by atoms with van der Waals surface area (Å²) in [7, 11) is 0. The van der Waals surface area contributed by atoms with E-state index in [0.29, 0.717) is 16.1 Å². The molecule has 4 heteroatoms. The molecule has 0 fully saturated rings. The lowest BCUT2D eigenvalue weighted by molar-refractivity contribution is -0.136. The Balaban J connectivity index is 1.95. The molecule has 3 nitrogen and oxygen atoms in total. The van der Waals surface area contributed by atoms with Crippen LogP contribution in [-0.4, -0.2) is 18.4 Å². The standard InChI is InChI=1S/C19H17ClO3/c1-13-7-8-14(2)16(11-13)18(21)12-23-19(22)10-9-15-5-3-4-6-17(15)20/h3-11H,12H2,1-2H3. The number of rotatable bonds is 5. The van der Waals surface area contributed by atoms with Crippen molar-refractivity contribution in [2.75, 3.05) is 6.61 Å². The number of esters is 1. The van der Waals surface area contributed by atoms with E-state index in [4.69, 9.17) is 16.3 Å². The summed E-state index contributed by atoms with van der Waals surface area (Å²) in [6.45, 7) is 3.48. The van der Waals surface area contributed by atoms with Crippen LogP contribution in [0.1, 0.15) is 27.0 Å². The molecule has 2 aromatic rings. The average Bonchev–Trinajstić information content (AvgIpc) is 2.54. The van der Waals surface area contributed by atoms with Gasteiger partial charge >= 0.3 is 5.97 Å². The molecule has 0 aliphatic rings. The van der Waals surface area contributed by atoms with E-state index in [9.17, 15) is 9.59 Å². The number of benzene rings is 2. The zero-order valence-corrected chi connectivity index (χ0v) is 13.8. The molecule has 0 aliphatic carbocycles. The number of hydrogen-bond donors (Lipinski definition) is 0. The average molecular weight is 329 g/mol. The van der Waals surface area contributed by atoms with Crippen molar-refractivity contribution in [2.24, 2.45) is 0 Å². The van der Waals surface area contributed by atoms with Gasteiger partial charge in [-0.2, -0.15) is 0 Å². The van der Waals surface area contributed by atoms with Crippen LogP contribution in [0.5, 0.6) is 0 Å². The molecule has 0 atom stereocenters. The SMILES string of the molecule is Cc1ccc(C)c(C(=O)COC(=O)C=Cc2ccccc2Cl)c1. The zero-order chi connectivity index (χ0) is 16.8. The summed E-state index contributed by atoms with van der Waals surface area (Å²) in [4.78, 5) is 23.8. The summed E-state index contributed by atoms with van der Waals surface area (Å²) in [5.41, 5.74) is 3.15. The second kappa shape index (κ2) is 7.75. The number of aryl methyl sites for hydroxylation is 2. The molecule has 0 bridgehead atoms. The lowest BCUT2D eigenvalue weighted by atomic mass is 10.0. The predicted molar refractivity (Wildman–Crippen MR) is 91.7 cm³/mol. The lowest BCUT2D eigenvalue weighted by Gasteiger charge is -2.06. The number of ketones is 1. The summed E-state index contributed by atoms with van der Waals surface area (Å²) in [5, 5.41) is 0.544. The van der Waals surface area contributed by atoms with Crippen molar-refractivity contribution in [1.82, 2.24) is 0 Å². The van der Waals surface area contributed by atoms with Crippen molar-refractivity contribution in [1.29, 1.82) is 0 Å². The van der Waals surface area contributed by atoms with Crippen LogP contribution in [0.4, 0.5) is 0 Å². The number of ether oxygens (including phenoxy) is 1. The maximum absolute atomic E-state index is 12.1. The largest absolute Gasteiger partial charge is 0.454 e. The van der Waals surface area contributed by atoms with Crippen LogP contribution in [0.2, 0.25) is 5.02 Å². The minimum absolute atomic E-state index is 0.217. The first-order valence-corrected chi connectivity index (χ1v) is 7.55. The number of halogens is 1. The van der Waals surface area contributed by atoms with E-state index in [1.807, 2.05) is 32.0 Å². The van der Waals surface area contributed by atoms with Crippen molar-refractivity contribution in [3.05, 3.63) is 75.8 Å². The smallest absolute Gasteiger partial charge is 0.331 e. The molecule has 2 aromatic carbocycles. The van der Waals surface area contributed by atoms with Gasteiger partial charge in [0, 0.05) is 16.7 Å². The van der Waals surface area contributed by atoms with Gasteiger partial charge < -0.3 is 4.74 Å². The summed E-state index contributed by atoms with van der Waals surface area (Å²) in [6, 6.07) is 12.8. The maximum Gasteiger partial charge on any atom is 0.331 e. The Morgan fingerprint density at radius 1 is 1.13 bits per heavy atom. The summed E-state index contributed by atoms with van der Waals surface area (Å²) >= 11 is 5.99. The van der Waals surface area contributed by atoms with Gasteiger partial charge in [-0.15, -0.1) is 0 Å². The highest BCUT2D eigenvalue weighted by molar-refractivity contribution is 6.32. The van der Waals surface area contributed by atoms with Gasteiger partial charge in [-0.1, -0.05) is 47.5 Å². The Morgan fingerprint density at radius 3 is 2.61 bits per heavy atom. The number of carbonyl (C=O) groups is 2. The number of hydrogen-bond acceptors (Lipinski definition) is 3. The fourth-order valence-corrected chi connectivity index (χ4v) is 2.27. The summed E-state index contributed by atoms with van der Waals surface area (Å²) < 4.78 is 5.00. The molecule has 118 valence electrons. The van der Waals surface area contributed by atoms with Crippen LogP contribution in [0, 0.1) is 13.8 Å². The van der Waals surface area contributed by atoms with Gasteiger partial charge in [-0.3, -0.25) is 4.79 Å². The fraction of sp³-hybridized carbons (Fsp3) is 0.158. The molecule has 0 heterocycles. The first-order valence-electron chi connectivity index (χ1n) is 7.17. The second-order valence-corrected chi connectivity index (χ2v) is 5.61. The molecular weight excluding hydrogens is 312 g/mol. The third-order valence-corrected chi connectivity index (χ3v) is 3.69. The Bertz CT molecular complexity index is 763. The summed E-state index contributed by atoms with van der Waals surface area (Å²) in [5.74, 6) is -0.797. The molecule has 0 aromatic heterocycles. The molecule has 0 saturated heterocycles. The fourth-order valence-electron chi connectivity index (χ4n) is 2.07. The van der Waals surface area contributed by atoms with E-state index >= 15 is 0 Å². The highest BCUT2D eigenvalue weighted by atomic mass is 35.5. The van der Waals surface area contributed by atoms with Gasteiger partial charge in [-0.25, -0.2) is 4.79 Å². The topological polar surface area (TPSA) is 43.4 Å². The number of Topliss-reactive ketones (excluding diaryl/α,β-unsaturated/α-hetero) is 1. The van der Waals surface area contributed by atoms with E-state index in [1.54, 1.807) is 30.3 Å². The minimum Gasteiger partial charge on any atom is -0.454 e. The molecule has 0 unspecified atom stereocenters. The van der Waals surface area contributed by atoms with Crippen molar-refractivity contribution < 1.29 is 14.3 Å². The molecule has 0 saturated carbocycles. The lowest BCUT2D eigenvalue weighted by Crippen LogP contribution is -2.13. The third-order valence-electron chi connectivity index (χ3n) is 3.34. The van der Waals surface area contributed by atoms with Gasteiger partial charge in [-0.05, 0) is 43.2 Å². The summed E-state index contributed by atoms with van der Waals surface area (Å²) in [6.07, 6.45) is 2.82. The Hall–Kier alpha value is -2.39. The molecule has 2 rings (SSSR count). The first-order chi connectivity index (χ1) is 11.0. The quantitative estimate of drug-likeness (QED) is 0.464. The van der Waals surface area contributed by atoms with E-state index in [1.165, 1.54) is 6.08 Å². The normalized spacial score (nSPS) is 10.7. The van der Waals surface area contributed by atoms with Crippen molar-refractivity contribution in [3.63, 3.8) is 0 Å². The van der Waals surface area contributed by atoms with Crippen LogP contribution >= 0.6 is 11.6 Å². The zero-order valence-electron chi connectivity index (χ0n) is 13.0. The third kappa shape index (κ3) is 4.80. The van der Waals surface area contributed by atoms with Gasteiger partial charge in [0.2, 0.25) is 5.78 Å². The molecule has 0 N–H and O–H groups in total. The molecule has 0 spiro atoms. The molecule has 0 radical (unpaired) electrons. The van der Waals surface area contributed by atoms with Crippen LogP contribution < -0.4 is 0 Å². The van der Waals surface area contributed by atoms with Crippen LogP contribution in [0.3, 0.4) is 0 Å². The van der Waals surface area contributed by atoms with Gasteiger partial charge in [0.1, 0.15) is 0 Å². The van der Waals surface area contributed by atoms with Crippen molar-refractivity contribution in [2.45, 2.75) is 13.8 Å². The van der Waals surface area contributed by atoms with Crippen molar-refractivity contribution in [3.8, 4) is 0 Å². The van der Waals surface area contributed by atoms with E-state index < -0.39 is 5.97 Å². The van der Waals surface area contributed by atoms with Crippen molar-refractivity contribution >= 4 is 29.4 Å². The van der Waals surface area contributed by atoms with E-state index in [0.717, 1.165) is 11.1 Å². The highest BCUT2D eigenvalue weighted by Gasteiger charge is 2.11. The second-order valence-electron chi connectivity index (χ2n) is 5.20. The highest BCUT2D eigenvalue weighted by Crippen LogP contribution is 2.16. The Morgan fingerprint density at radius 2 is 1.87 bits per heavy atom. The Labute approximate surface area is 140 Å². The maximum atomic E-state index is 12.1. The van der Waals surface area contributed by atoms with Gasteiger partial charge in [0.05, 0.1) is 0 Å². The number of carbonyl (C=O) groups excluding carboxylic acids is 2. The van der Waals surface area contributed by atoms with Crippen LogP contribution in [-0.2, 0) is 9.53 Å². The Kier molecular flexibility index (Phi) is 5.72. The van der Waals surface area contributed by atoms with Crippen LogP contribution in [0.25, 0.3) is 6.08 Å². The minimum atomic E-state index is -0.580. The van der Waals surface area contributed by atoms with Gasteiger partial charge in [0.25, 0.3) is 0 Å². The van der Waals surface area contributed by atoms with Crippen LogP contribution in [0.15, 0.2) is 48.5 Å². The van der Waals surface area contributed by atoms with Gasteiger partial charge in [0.15, 0.2) is 6.61 Å². The first kappa shape index (κ1) is 17.0. The molecule has 0 aliphatic heterocycles. The molecular formula is C19H17ClO3. The molecule has 23 heavy (non-hydrogen) atoms. The van der Waals surface area contributed by atoms with E-state index in [2.05, 4.69) is 0 Å². The molecule has 0 amide bonds. The predicted octanol–water partition coefficient (Wildman–Crippen LogP) is 4.40.